The monoisotopic (exact) mass is 226 g/mol. The minimum Gasteiger partial charge on any atom is -0.195 e. The van der Waals surface area contributed by atoms with Crippen LogP contribution in [-0.2, 0) is 10.2 Å². The number of hydrogen-bond acceptors (Lipinski definition) is 2. The van der Waals surface area contributed by atoms with Gasteiger partial charge < -0.3 is 0 Å². The topological polar surface area (TPSA) is 40.6 Å². The van der Waals surface area contributed by atoms with Crippen molar-refractivity contribution in [3.8, 4) is 0 Å². The molecular weight excluding hydrogens is 212 g/mol. The van der Waals surface area contributed by atoms with Crippen molar-refractivity contribution in [1.82, 2.24) is 8.61 Å². The molecule has 13 heavy (non-hydrogen) atoms. The molecule has 0 bridgehead atoms. The molecule has 1 heterocycles. The highest BCUT2D eigenvalue weighted by atomic mass is 35.5. The smallest absolute Gasteiger partial charge is 0.195 e. The van der Waals surface area contributed by atoms with Gasteiger partial charge in [0.1, 0.15) is 0 Å². The first-order valence-electron chi connectivity index (χ1n) is 4.17. The summed E-state index contributed by atoms with van der Waals surface area (Å²) >= 11 is 5.94. The van der Waals surface area contributed by atoms with Crippen LogP contribution in [0, 0.1) is 5.92 Å². The van der Waals surface area contributed by atoms with Crippen molar-refractivity contribution in [2.45, 2.75) is 12.3 Å². The van der Waals surface area contributed by atoms with Crippen molar-refractivity contribution < 1.29 is 8.42 Å². The van der Waals surface area contributed by atoms with Crippen LogP contribution in [-0.4, -0.2) is 49.6 Å². The Kier molecular flexibility index (Phi) is 3.22. The third-order valence-corrected chi connectivity index (χ3v) is 4.72. The third-order valence-electron chi connectivity index (χ3n) is 2.27. The zero-order chi connectivity index (χ0) is 10.2. The quantitative estimate of drug-likeness (QED) is 0.638. The molecule has 1 aliphatic rings. The lowest BCUT2D eigenvalue weighted by molar-refractivity contribution is 0.414. The Labute approximate surface area is 84.6 Å². The van der Waals surface area contributed by atoms with Gasteiger partial charge in [-0.3, -0.25) is 0 Å². The largest absolute Gasteiger partial charge is 0.281 e. The number of hydrogen-bond donors (Lipinski definition) is 0. The molecule has 0 radical (unpaired) electrons. The van der Waals surface area contributed by atoms with Crippen molar-refractivity contribution >= 4 is 21.8 Å². The first-order valence-corrected chi connectivity index (χ1v) is 6.00. The molecule has 2 unspecified atom stereocenters. The molecule has 4 nitrogen and oxygen atoms in total. The summed E-state index contributed by atoms with van der Waals surface area (Å²) in [4.78, 5) is 0. The molecule has 78 valence electrons. The summed E-state index contributed by atoms with van der Waals surface area (Å²) < 4.78 is 25.9. The van der Waals surface area contributed by atoms with Gasteiger partial charge >= 0.3 is 0 Å². The van der Waals surface area contributed by atoms with E-state index in [1.807, 2.05) is 6.92 Å². The van der Waals surface area contributed by atoms with E-state index in [1.165, 1.54) is 22.7 Å². The lowest BCUT2D eigenvalue weighted by Crippen LogP contribution is -2.38. The van der Waals surface area contributed by atoms with Gasteiger partial charge in [-0.15, -0.1) is 11.6 Å². The molecule has 0 saturated carbocycles. The second kappa shape index (κ2) is 3.73. The number of halogens is 1. The van der Waals surface area contributed by atoms with Crippen LogP contribution in [0.4, 0.5) is 0 Å². The Hall–Kier alpha value is 0.160. The van der Waals surface area contributed by atoms with Crippen LogP contribution in [0.25, 0.3) is 0 Å². The predicted octanol–water partition coefficient (Wildman–Crippen LogP) is 0.352. The molecule has 0 N–H and O–H groups in total. The van der Waals surface area contributed by atoms with Gasteiger partial charge in [-0.2, -0.15) is 17.0 Å². The van der Waals surface area contributed by atoms with Gasteiger partial charge in [-0.05, 0) is 5.92 Å². The molecule has 1 rings (SSSR count). The molecule has 6 heteroatoms. The second-order valence-electron chi connectivity index (χ2n) is 3.60. The molecule has 0 aromatic rings. The molecule has 1 fully saturated rings. The SMILES string of the molecule is CC1CN(S(=O)(=O)N(C)C)CC1Cl. The molecule has 2 atom stereocenters. The van der Waals surface area contributed by atoms with E-state index >= 15 is 0 Å². The van der Waals surface area contributed by atoms with Gasteiger partial charge in [0, 0.05) is 27.2 Å². The van der Waals surface area contributed by atoms with Crippen molar-refractivity contribution in [3.63, 3.8) is 0 Å². The van der Waals surface area contributed by atoms with Crippen LogP contribution in [0.2, 0.25) is 0 Å². The number of rotatable bonds is 2. The highest BCUT2D eigenvalue weighted by molar-refractivity contribution is 7.86. The standard InChI is InChI=1S/C7H15ClN2O2S/c1-6-4-10(5-7(6)8)13(11,12)9(2)3/h6-7H,4-5H2,1-3H3. The summed E-state index contributed by atoms with van der Waals surface area (Å²) in [5, 5.41) is -0.0604. The van der Waals surface area contributed by atoms with E-state index in [0.29, 0.717) is 13.1 Å². The maximum absolute atomic E-state index is 11.6. The van der Waals surface area contributed by atoms with Crippen molar-refractivity contribution in [3.05, 3.63) is 0 Å². The Bertz CT molecular complexity index is 268. The minimum atomic E-state index is -3.26. The molecule has 1 saturated heterocycles. The summed E-state index contributed by atoms with van der Waals surface area (Å²) in [5.41, 5.74) is 0. The van der Waals surface area contributed by atoms with Gasteiger partial charge in [0.15, 0.2) is 0 Å². The number of alkyl halides is 1. The molecule has 0 aliphatic carbocycles. The second-order valence-corrected chi connectivity index (χ2v) is 6.30. The fourth-order valence-electron chi connectivity index (χ4n) is 1.30. The average molecular weight is 227 g/mol. The first-order chi connectivity index (χ1) is 5.85. The average Bonchev–Trinajstić information content (AvgIpc) is 2.32. The van der Waals surface area contributed by atoms with E-state index in [9.17, 15) is 8.42 Å². The highest BCUT2D eigenvalue weighted by Crippen LogP contribution is 2.24. The molecular formula is C7H15ClN2O2S. The molecule has 0 aromatic heterocycles. The Morgan fingerprint density at radius 1 is 1.38 bits per heavy atom. The van der Waals surface area contributed by atoms with E-state index in [2.05, 4.69) is 0 Å². The number of nitrogens with zero attached hydrogens (tertiary/aromatic N) is 2. The van der Waals surface area contributed by atoms with Gasteiger partial charge in [0.05, 0.1) is 5.38 Å². The van der Waals surface area contributed by atoms with Crippen LogP contribution < -0.4 is 0 Å². The summed E-state index contributed by atoms with van der Waals surface area (Å²) in [7, 11) is -0.202. The van der Waals surface area contributed by atoms with E-state index in [0.717, 1.165) is 0 Å². The Morgan fingerprint density at radius 3 is 2.23 bits per heavy atom. The first kappa shape index (κ1) is 11.2. The van der Waals surface area contributed by atoms with Crippen LogP contribution in [0.15, 0.2) is 0 Å². The third kappa shape index (κ3) is 2.15. The molecule has 0 amide bonds. The van der Waals surface area contributed by atoms with E-state index < -0.39 is 10.2 Å². The van der Waals surface area contributed by atoms with Crippen molar-refractivity contribution in [2.24, 2.45) is 5.92 Å². The Morgan fingerprint density at radius 2 is 1.92 bits per heavy atom. The van der Waals surface area contributed by atoms with Gasteiger partial charge in [-0.25, -0.2) is 0 Å². The van der Waals surface area contributed by atoms with E-state index in [-0.39, 0.29) is 11.3 Å². The van der Waals surface area contributed by atoms with Crippen LogP contribution in [0.5, 0.6) is 0 Å². The summed E-state index contributed by atoms with van der Waals surface area (Å²) in [6.07, 6.45) is 0. The summed E-state index contributed by atoms with van der Waals surface area (Å²) in [5.74, 6) is 0.233. The lowest BCUT2D eigenvalue weighted by Gasteiger charge is -2.20. The summed E-state index contributed by atoms with van der Waals surface area (Å²) in [6, 6.07) is 0. The predicted molar refractivity (Wildman–Crippen MR) is 53.0 cm³/mol. The maximum Gasteiger partial charge on any atom is 0.281 e. The van der Waals surface area contributed by atoms with E-state index in [1.54, 1.807) is 0 Å². The van der Waals surface area contributed by atoms with Gasteiger partial charge in [-0.1, -0.05) is 6.92 Å². The normalized spacial score (nSPS) is 31.5. The van der Waals surface area contributed by atoms with Crippen molar-refractivity contribution in [2.75, 3.05) is 27.2 Å². The lowest BCUT2D eigenvalue weighted by atomic mass is 10.2. The summed E-state index contributed by atoms with van der Waals surface area (Å²) in [6.45, 7) is 2.90. The van der Waals surface area contributed by atoms with Gasteiger partial charge in [0.2, 0.25) is 0 Å². The highest BCUT2D eigenvalue weighted by Gasteiger charge is 2.36. The fourth-order valence-corrected chi connectivity index (χ4v) is 2.87. The zero-order valence-corrected chi connectivity index (χ0v) is 9.64. The molecule has 0 spiro atoms. The Balaban J connectivity index is 2.77. The van der Waals surface area contributed by atoms with Gasteiger partial charge in [0.25, 0.3) is 10.2 Å². The van der Waals surface area contributed by atoms with Crippen LogP contribution >= 0.6 is 11.6 Å². The van der Waals surface area contributed by atoms with E-state index in [4.69, 9.17) is 11.6 Å². The minimum absolute atomic E-state index is 0.0604. The van der Waals surface area contributed by atoms with Crippen LogP contribution in [0.3, 0.4) is 0 Å². The molecule has 1 aliphatic heterocycles. The van der Waals surface area contributed by atoms with Crippen LogP contribution in [0.1, 0.15) is 6.92 Å². The maximum atomic E-state index is 11.6. The van der Waals surface area contributed by atoms with Crippen molar-refractivity contribution in [1.29, 1.82) is 0 Å². The molecule has 0 aromatic carbocycles. The zero-order valence-electron chi connectivity index (χ0n) is 8.07. The fraction of sp³-hybridized carbons (Fsp3) is 1.00.